The number of fused-ring (bicyclic) bond motifs is 1. The highest BCUT2D eigenvalue weighted by atomic mass is 32.2. The lowest BCUT2D eigenvalue weighted by molar-refractivity contribution is 0.600. The van der Waals surface area contributed by atoms with Crippen LogP contribution in [-0.2, 0) is 20.0 Å². The number of anilines is 2. The van der Waals surface area contributed by atoms with Gasteiger partial charge in [0.05, 0.1) is 9.79 Å². The minimum atomic E-state index is -3.82. The van der Waals surface area contributed by atoms with E-state index in [9.17, 15) is 16.8 Å². The van der Waals surface area contributed by atoms with Gasteiger partial charge < -0.3 is 0 Å². The molecule has 158 valence electrons. The highest BCUT2D eigenvalue weighted by molar-refractivity contribution is 7.93. The van der Waals surface area contributed by atoms with Crippen LogP contribution >= 0.6 is 0 Å². The van der Waals surface area contributed by atoms with Crippen LogP contribution in [0.15, 0.2) is 101 Å². The maximum atomic E-state index is 12.8. The Bertz CT molecular complexity index is 1460. The molecule has 0 amide bonds. The molecule has 0 aliphatic rings. The van der Waals surface area contributed by atoms with E-state index >= 15 is 0 Å². The van der Waals surface area contributed by atoms with Gasteiger partial charge in [0.2, 0.25) is 0 Å². The van der Waals surface area contributed by atoms with Gasteiger partial charge in [-0.15, -0.1) is 0 Å². The number of hydrogen-bond donors (Lipinski definition) is 2. The number of sulfonamides is 2. The molecule has 31 heavy (non-hydrogen) atoms. The molecule has 0 unspecified atom stereocenters. The third-order valence-electron chi connectivity index (χ3n) is 4.72. The Hall–Kier alpha value is -3.36. The Balaban J connectivity index is 1.54. The van der Waals surface area contributed by atoms with Crippen molar-refractivity contribution in [3.63, 3.8) is 0 Å². The molecule has 0 atom stereocenters. The summed E-state index contributed by atoms with van der Waals surface area (Å²) in [4.78, 5) is 0.159. The van der Waals surface area contributed by atoms with Gasteiger partial charge in [0.25, 0.3) is 20.0 Å². The summed E-state index contributed by atoms with van der Waals surface area (Å²) in [6.45, 7) is 1.87. The Labute approximate surface area is 181 Å². The van der Waals surface area contributed by atoms with Gasteiger partial charge in [-0.2, -0.15) is 0 Å². The first kappa shape index (κ1) is 20.9. The van der Waals surface area contributed by atoms with Crippen LogP contribution in [0.4, 0.5) is 11.4 Å². The molecular weight excluding hydrogens is 432 g/mol. The van der Waals surface area contributed by atoms with E-state index in [1.54, 1.807) is 30.3 Å². The highest BCUT2D eigenvalue weighted by Gasteiger charge is 2.17. The molecule has 0 aliphatic carbocycles. The summed E-state index contributed by atoms with van der Waals surface area (Å²) in [5, 5.41) is 1.76. The lowest BCUT2D eigenvalue weighted by Gasteiger charge is -2.11. The van der Waals surface area contributed by atoms with Gasteiger partial charge in [0.15, 0.2) is 0 Å². The average molecular weight is 453 g/mol. The summed E-state index contributed by atoms with van der Waals surface area (Å²) >= 11 is 0. The quantitative estimate of drug-likeness (QED) is 0.442. The SMILES string of the molecule is Cc1cccc(NS(=O)(=O)c2ccc(NS(=O)(=O)c3ccc4ccccc4c3)cc2)c1. The zero-order valence-corrected chi connectivity index (χ0v) is 18.2. The molecule has 0 saturated carbocycles. The number of nitrogens with one attached hydrogen (secondary N) is 2. The summed E-state index contributed by atoms with van der Waals surface area (Å²) in [5.74, 6) is 0. The summed E-state index contributed by atoms with van der Waals surface area (Å²) < 4.78 is 55.7. The van der Waals surface area contributed by atoms with Crippen LogP contribution in [0, 0.1) is 6.92 Å². The molecule has 0 heterocycles. The zero-order chi connectivity index (χ0) is 22.1. The van der Waals surface area contributed by atoms with E-state index in [2.05, 4.69) is 9.44 Å². The molecule has 6 nitrogen and oxygen atoms in total. The Morgan fingerprint density at radius 2 is 1.16 bits per heavy atom. The number of benzene rings is 4. The molecule has 0 saturated heterocycles. The van der Waals surface area contributed by atoms with Crippen molar-refractivity contribution in [2.75, 3.05) is 9.44 Å². The molecule has 8 heteroatoms. The number of hydrogen-bond acceptors (Lipinski definition) is 4. The largest absolute Gasteiger partial charge is 0.280 e. The second-order valence-electron chi connectivity index (χ2n) is 7.11. The molecule has 0 bridgehead atoms. The van der Waals surface area contributed by atoms with Crippen molar-refractivity contribution >= 4 is 42.2 Å². The first-order valence-electron chi connectivity index (χ1n) is 9.44. The summed E-state index contributed by atoms with van der Waals surface area (Å²) in [7, 11) is -7.62. The van der Waals surface area contributed by atoms with Gasteiger partial charge in [-0.25, -0.2) is 16.8 Å². The van der Waals surface area contributed by atoms with E-state index < -0.39 is 20.0 Å². The molecule has 2 N–H and O–H groups in total. The third kappa shape index (κ3) is 4.70. The van der Waals surface area contributed by atoms with Gasteiger partial charge >= 0.3 is 0 Å². The van der Waals surface area contributed by atoms with Gasteiger partial charge in [0, 0.05) is 11.4 Å². The maximum absolute atomic E-state index is 12.8. The molecule has 4 rings (SSSR count). The normalized spacial score (nSPS) is 11.9. The molecular formula is C23H20N2O4S2. The highest BCUT2D eigenvalue weighted by Crippen LogP contribution is 2.23. The van der Waals surface area contributed by atoms with Crippen molar-refractivity contribution in [3.05, 3.63) is 96.6 Å². The smallest absolute Gasteiger partial charge is 0.261 e. The van der Waals surface area contributed by atoms with E-state index in [1.165, 1.54) is 30.3 Å². The first-order valence-corrected chi connectivity index (χ1v) is 12.4. The van der Waals surface area contributed by atoms with Crippen molar-refractivity contribution in [2.24, 2.45) is 0 Å². The fraction of sp³-hybridized carbons (Fsp3) is 0.0435. The molecule has 0 aromatic heterocycles. The molecule has 0 radical (unpaired) electrons. The standard InChI is InChI=1S/C23H20N2O4S2/c1-17-5-4-8-21(15-17)25-30(26,27)22-13-10-20(11-14-22)24-31(28,29)23-12-9-18-6-2-3-7-19(18)16-23/h2-16,24-25H,1H3. The molecule has 4 aromatic carbocycles. The number of rotatable bonds is 6. The molecule has 4 aromatic rings. The van der Waals surface area contributed by atoms with Crippen molar-refractivity contribution in [1.82, 2.24) is 0 Å². The lowest BCUT2D eigenvalue weighted by atomic mass is 10.1. The number of aryl methyl sites for hydroxylation is 1. The Morgan fingerprint density at radius 3 is 1.87 bits per heavy atom. The van der Waals surface area contributed by atoms with Crippen LogP contribution in [0.5, 0.6) is 0 Å². The van der Waals surface area contributed by atoms with E-state index in [0.29, 0.717) is 5.69 Å². The predicted molar refractivity (Wildman–Crippen MR) is 123 cm³/mol. The second-order valence-corrected chi connectivity index (χ2v) is 10.5. The van der Waals surface area contributed by atoms with E-state index in [0.717, 1.165) is 16.3 Å². The van der Waals surface area contributed by atoms with Crippen molar-refractivity contribution in [1.29, 1.82) is 0 Å². The van der Waals surface area contributed by atoms with E-state index in [-0.39, 0.29) is 15.5 Å². The summed E-state index contributed by atoms with van der Waals surface area (Å²) in [5.41, 5.74) is 1.65. The van der Waals surface area contributed by atoms with Gasteiger partial charge in [0.1, 0.15) is 0 Å². The van der Waals surface area contributed by atoms with E-state index in [4.69, 9.17) is 0 Å². The average Bonchev–Trinajstić information content (AvgIpc) is 2.73. The van der Waals surface area contributed by atoms with Gasteiger partial charge in [-0.3, -0.25) is 9.44 Å². The second kappa shape index (κ2) is 8.05. The molecule has 0 spiro atoms. The fourth-order valence-corrected chi connectivity index (χ4v) is 5.32. The fourth-order valence-electron chi connectivity index (χ4n) is 3.17. The van der Waals surface area contributed by atoms with Crippen LogP contribution in [0.1, 0.15) is 5.56 Å². The molecule has 0 aliphatic heterocycles. The van der Waals surface area contributed by atoms with Crippen LogP contribution in [0.3, 0.4) is 0 Å². The monoisotopic (exact) mass is 452 g/mol. The third-order valence-corrected chi connectivity index (χ3v) is 7.49. The van der Waals surface area contributed by atoms with Gasteiger partial charge in [-0.1, -0.05) is 42.5 Å². The Kier molecular flexibility index (Phi) is 5.43. The first-order chi connectivity index (χ1) is 14.7. The van der Waals surface area contributed by atoms with Crippen molar-refractivity contribution < 1.29 is 16.8 Å². The van der Waals surface area contributed by atoms with Crippen molar-refractivity contribution in [3.8, 4) is 0 Å². The summed E-state index contributed by atoms with van der Waals surface area (Å²) in [6.07, 6.45) is 0. The zero-order valence-electron chi connectivity index (χ0n) is 16.6. The minimum absolute atomic E-state index is 0.0302. The minimum Gasteiger partial charge on any atom is -0.280 e. The topological polar surface area (TPSA) is 92.3 Å². The summed E-state index contributed by atoms with van der Waals surface area (Å²) in [6, 6.07) is 24.9. The molecule has 0 fully saturated rings. The maximum Gasteiger partial charge on any atom is 0.261 e. The van der Waals surface area contributed by atoms with Gasteiger partial charge in [-0.05, 0) is 71.8 Å². The van der Waals surface area contributed by atoms with Crippen molar-refractivity contribution in [2.45, 2.75) is 16.7 Å². The van der Waals surface area contributed by atoms with Crippen LogP contribution in [0.2, 0.25) is 0 Å². The van der Waals surface area contributed by atoms with Crippen LogP contribution < -0.4 is 9.44 Å². The van der Waals surface area contributed by atoms with Crippen LogP contribution in [-0.4, -0.2) is 16.8 Å². The van der Waals surface area contributed by atoms with Crippen LogP contribution in [0.25, 0.3) is 10.8 Å². The van der Waals surface area contributed by atoms with E-state index in [1.807, 2.05) is 37.3 Å². The lowest BCUT2D eigenvalue weighted by Crippen LogP contribution is -2.14. The predicted octanol–water partition coefficient (Wildman–Crippen LogP) is 4.75. The Morgan fingerprint density at radius 1 is 0.548 bits per heavy atom.